The van der Waals surface area contributed by atoms with Crippen molar-refractivity contribution < 1.29 is 4.79 Å². The van der Waals surface area contributed by atoms with Crippen LogP contribution in [-0.4, -0.2) is 30.9 Å². The van der Waals surface area contributed by atoms with Gasteiger partial charge in [-0.1, -0.05) is 11.6 Å². The molecule has 0 unspecified atom stereocenters. The van der Waals surface area contributed by atoms with Crippen molar-refractivity contribution in [2.75, 3.05) is 31.2 Å². The average molecular weight is 268 g/mol. The summed E-state index contributed by atoms with van der Waals surface area (Å²) in [5.74, 6) is 0.729. The second-order valence-corrected chi connectivity index (χ2v) is 5.33. The topological polar surface area (TPSA) is 58.4 Å². The summed E-state index contributed by atoms with van der Waals surface area (Å²) >= 11 is 6.00. The zero-order valence-electron chi connectivity index (χ0n) is 10.4. The highest BCUT2D eigenvalue weighted by Gasteiger charge is 2.23. The standard InChI is InChI=1S/C13H18ClN3O/c1-17(7-9-2-3-9)8-13(18)16-12-5-4-10(15)6-11(12)14/h4-6,9H,2-3,7-8,15H2,1H3,(H,16,18). The smallest absolute Gasteiger partial charge is 0.238 e. The molecular weight excluding hydrogens is 250 g/mol. The van der Waals surface area contributed by atoms with Gasteiger partial charge in [-0.2, -0.15) is 0 Å². The van der Waals surface area contributed by atoms with E-state index in [1.807, 2.05) is 11.9 Å². The molecule has 18 heavy (non-hydrogen) atoms. The fourth-order valence-electron chi connectivity index (χ4n) is 1.87. The first-order chi connectivity index (χ1) is 8.54. The molecule has 1 amide bonds. The van der Waals surface area contributed by atoms with Gasteiger partial charge in [0, 0.05) is 12.2 Å². The van der Waals surface area contributed by atoms with Crippen molar-refractivity contribution in [2.24, 2.45) is 5.92 Å². The highest BCUT2D eigenvalue weighted by atomic mass is 35.5. The van der Waals surface area contributed by atoms with Gasteiger partial charge in [-0.05, 0) is 44.0 Å². The van der Waals surface area contributed by atoms with Gasteiger partial charge in [0.05, 0.1) is 17.3 Å². The van der Waals surface area contributed by atoms with Gasteiger partial charge >= 0.3 is 0 Å². The zero-order chi connectivity index (χ0) is 13.1. The molecule has 1 fully saturated rings. The lowest BCUT2D eigenvalue weighted by Crippen LogP contribution is -2.31. The maximum absolute atomic E-state index is 11.8. The Hall–Kier alpha value is -1.26. The molecule has 0 atom stereocenters. The van der Waals surface area contributed by atoms with E-state index in [-0.39, 0.29) is 5.91 Å². The van der Waals surface area contributed by atoms with E-state index in [4.69, 9.17) is 17.3 Å². The van der Waals surface area contributed by atoms with Gasteiger partial charge in [0.25, 0.3) is 0 Å². The molecule has 1 aliphatic carbocycles. The third-order valence-corrected chi connectivity index (χ3v) is 3.26. The summed E-state index contributed by atoms with van der Waals surface area (Å²) in [7, 11) is 1.96. The Kier molecular flexibility index (Phi) is 4.09. The normalized spacial score (nSPS) is 14.8. The number of nitrogen functional groups attached to an aromatic ring is 1. The van der Waals surface area contributed by atoms with E-state index in [1.54, 1.807) is 18.2 Å². The predicted octanol–water partition coefficient (Wildman–Crippen LogP) is 2.20. The SMILES string of the molecule is CN(CC(=O)Nc1ccc(N)cc1Cl)CC1CC1. The minimum Gasteiger partial charge on any atom is -0.399 e. The molecule has 1 aliphatic rings. The number of anilines is 2. The minimum absolute atomic E-state index is 0.0511. The molecular formula is C13H18ClN3O. The first kappa shape index (κ1) is 13.2. The number of amides is 1. The number of hydrogen-bond acceptors (Lipinski definition) is 3. The second kappa shape index (κ2) is 5.59. The molecule has 0 radical (unpaired) electrons. The number of rotatable bonds is 5. The number of nitrogens with two attached hydrogens (primary N) is 1. The van der Waals surface area contributed by atoms with E-state index in [9.17, 15) is 4.79 Å². The fraction of sp³-hybridized carbons (Fsp3) is 0.462. The van der Waals surface area contributed by atoms with Crippen molar-refractivity contribution in [3.63, 3.8) is 0 Å². The van der Waals surface area contributed by atoms with Gasteiger partial charge in [0.2, 0.25) is 5.91 Å². The Morgan fingerprint density at radius 2 is 2.28 bits per heavy atom. The average Bonchev–Trinajstić information content (AvgIpc) is 3.05. The number of benzene rings is 1. The molecule has 4 nitrogen and oxygen atoms in total. The molecule has 2 rings (SSSR count). The molecule has 5 heteroatoms. The molecule has 1 aromatic carbocycles. The van der Waals surface area contributed by atoms with Gasteiger partial charge in [0.15, 0.2) is 0 Å². The summed E-state index contributed by atoms with van der Waals surface area (Å²) < 4.78 is 0. The second-order valence-electron chi connectivity index (χ2n) is 4.93. The van der Waals surface area contributed by atoms with Gasteiger partial charge in [0.1, 0.15) is 0 Å². The molecule has 0 saturated heterocycles. The van der Waals surface area contributed by atoms with E-state index in [2.05, 4.69) is 5.32 Å². The van der Waals surface area contributed by atoms with Crippen LogP contribution in [0.5, 0.6) is 0 Å². The molecule has 0 bridgehead atoms. The Bertz CT molecular complexity index is 446. The first-order valence-electron chi connectivity index (χ1n) is 6.08. The lowest BCUT2D eigenvalue weighted by Gasteiger charge is -2.16. The van der Waals surface area contributed by atoms with E-state index in [0.717, 1.165) is 12.5 Å². The van der Waals surface area contributed by atoms with Crippen LogP contribution in [-0.2, 0) is 4.79 Å². The third-order valence-electron chi connectivity index (χ3n) is 2.95. The molecule has 0 spiro atoms. The van der Waals surface area contributed by atoms with Crippen molar-refractivity contribution in [3.05, 3.63) is 23.2 Å². The molecule has 0 heterocycles. The highest BCUT2D eigenvalue weighted by Crippen LogP contribution is 2.29. The summed E-state index contributed by atoms with van der Waals surface area (Å²) in [5.41, 5.74) is 6.79. The highest BCUT2D eigenvalue weighted by molar-refractivity contribution is 6.34. The van der Waals surface area contributed by atoms with Crippen LogP contribution in [0.2, 0.25) is 5.02 Å². The summed E-state index contributed by atoms with van der Waals surface area (Å²) in [6.45, 7) is 1.38. The quantitative estimate of drug-likeness (QED) is 0.804. The van der Waals surface area contributed by atoms with Crippen molar-refractivity contribution >= 4 is 28.9 Å². The number of halogens is 1. The van der Waals surface area contributed by atoms with Crippen LogP contribution >= 0.6 is 11.6 Å². The molecule has 3 N–H and O–H groups in total. The van der Waals surface area contributed by atoms with Crippen LogP contribution < -0.4 is 11.1 Å². The van der Waals surface area contributed by atoms with Gasteiger partial charge < -0.3 is 11.1 Å². The molecule has 0 aromatic heterocycles. The third kappa shape index (κ3) is 3.89. The first-order valence-corrected chi connectivity index (χ1v) is 6.46. The Morgan fingerprint density at radius 3 is 2.89 bits per heavy atom. The molecule has 1 aromatic rings. The van der Waals surface area contributed by atoms with Crippen molar-refractivity contribution in [1.29, 1.82) is 0 Å². The minimum atomic E-state index is -0.0511. The summed E-state index contributed by atoms with van der Waals surface area (Å²) in [6.07, 6.45) is 2.57. The number of nitrogens with zero attached hydrogens (tertiary/aromatic N) is 1. The largest absolute Gasteiger partial charge is 0.399 e. The van der Waals surface area contributed by atoms with Gasteiger partial charge in [-0.3, -0.25) is 9.69 Å². The number of likely N-dealkylation sites (N-methyl/N-ethyl adjacent to an activating group) is 1. The van der Waals surface area contributed by atoms with Crippen LogP contribution in [0, 0.1) is 5.92 Å². The maximum atomic E-state index is 11.8. The molecule has 1 saturated carbocycles. The summed E-state index contributed by atoms with van der Waals surface area (Å²) in [6, 6.07) is 5.07. The van der Waals surface area contributed by atoms with Crippen LogP contribution in [0.15, 0.2) is 18.2 Å². The lowest BCUT2D eigenvalue weighted by molar-refractivity contribution is -0.117. The number of carbonyl (C=O) groups excluding carboxylic acids is 1. The monoisotopic (exact) mass is 267 g/mol. The molecule has 0 aliphatic heterocycles. The van der Waals surface area contributed by atoms with Crippen LogP contribution in [0.3, 0.4) is 0 Å². The number of carbonyl (C=O) groups is 1. The van der Waals surface area contributed by atoms with Crippen molar-refractivity contribution in [2.45, 2.75) is 12.8 Å². The number of hydrogen-bond donors (Lipinski definition) is 2. The Labute approximate surface area is 112 Å². The van der Waals surface area contributed by atoms with E-state index in [0.29, 0.717) is 22.9 Å². The Morgan fingerprint density at radius 1 is 1.56 bits per heavy atom. The van der Waals surface area contributed by atoms with E-state index in [1.165, 1.54) is 12.8 Å². The zero-order valence-corrected chi connectivity index (χ0v) is 11.2. The van der Waals surface area contributed by atoms with E-state index >= 15 is 0 Å². The predicted molar refractivity (Wildman–Crippen MR) is 74.7 cm³/mol. The number of nitrogens with one attached hydrogen (secondary N) is 1. The van der Waals surface area contributed by atoms with Crippen LogP contribution in [0.1, 0.15) is 12.8 Å². The van der Waals surface area contributed by atoms with Crippen LogP contribution in [0.4, 0.5) is 11.4 Å². The molecule has 98 valence electrons. The summed E-state index contributed by atoms with van der Waals surface area (Å²) in [4.78, 5) is 13.9. The van der Waals surface area contributed by atoms with Crippen LogP contribution in [0.25, 0.3) is 0 Å². The maximum Gasteiger partial charge on any atom is 0.238 e. The fourth-order valence-corrected chi connectivity index (χ4v) is 2.11. The van der Waals surface area contributed by atoms with Crippen molar-refractivity contribution in [1.82, 2.24) is 4.90 Å². The Balaban J connectivity index is 1.85. The summed E-state index contributed by atoms with van der Waals surface area (Å²) in [5, 5.41) is 3.26. The van der Waals surface area contributed by atoms with Gasteiger partial charge in [-0.15, -0.1) is 0 Å². The van der Waals surface area contributed by atoms with Crippen molar-refractivity contribution in [3.8, 4) is 0 Å². The van der Waals surface area contributed by atoms with Gasteiger partial charge in [-0.25, -0.2) is 0 Å². The van der Waals surface area contributed by atoms with E-state index < -0.39 is 0 Å². The lowest BCUT2D eigenvalue weighted by atomic mass is 10.3.